The van der Waals surface area contributed by atoms with Crippen molar-refractivity contribution >= 4 is 15.3 Å². The molecule has 0 aromatic carbocycles. The van der Waals surface area contributed by atoms with Crippen LogP contribution in [0.15, 0.2) is 12.7 Å². The van der Waals surface area contributed by atoms with Gasteiger partial charge in [-0.05, 0) is 15.5 Å². The Morgan fingerprint density at radius 1 is 2.00 bits per heavy atom. The molecule has 0 heterocycles. The molecule has 0 bridgehead atoms. The van der Waals surface area contributed by atoms with Gasteiger partial charge in [-0.3, -0.25) is 4.79 Å². The van der Waals surface area contributed by atoms with Crippen molar-refractivity contribution < 1.29 is 4.79 Å². The van der Waals surface area contributed by atoms with E-state index in [0.717, 1.165) is 0 Å². The molecular formula is C3H6NOP. The summed E-state index contributed by atoms with van der Waals surface area (Å²) in [5.74, 6) is -0.181. The Hall–Kier alpha value is -0.360. The van der Waals surface area contributed by atoms with Crippen LogP contribution in [0.2, 0.25) is 0 Å². The van der Waals surface area contributed by atoms with Gasteiger partial charge in [0.15, 0.2) is 0 Å². The van der Waals surface area contributed by atoms with Crippen molar-refractivity contribution in [2.75, 3.05) is 0 Å². The summed E-state index contributed by atoms with van der Waals surface area (Å²) in [6.07, 6.45) is 1.20. The predicted molar refractivity (Wildman–Crippen MR) is 28.0 cm³/mol. The molecule has 0 aliphatic carbocycles. The van der Waals surface area contributed by atoms with E-state index in [1.165, 1.54) is 6.08 Å². The van der Waals surface area contributed by atoms with Crippen molar-refractivity contribution in [2.24, 2.45) is 0 Å². The molecule has 0 saturated carbocycles. The Morgan fingerprint density at radius 3 is 2.50 bits per heavy atom. The number of hydrogen-bond donors (Lipinski definition) is 1. The lowest BCUT2D eigenvalue weighted by atomic mass is 10.6. The van der Waals surface area contributed by atoms with Gasteiger partial charge < -0.3 is 5.09 Å². The topological polar surface area (TPSA) is 29.1 Å². The standard InChI is InChI=1S/C3H6NOP/c1-2-3(5)4-6/h2H,1,6H2,(H,4,5). The summed E-state index contributed by atoms with van der Waals surface area (Å²) in [6.45, 7) is 3.21. The maximum absolute atomic E-state index is 9.93. The first-order chi connectivity index (χ1) is 2.81. The molecule has 0 aromatic heterocycles. The quantitative estimate of drug-likeness (QED) is 0.369. The van der Waals surface area contributed by atoms with Crippen LogP contribution < -0.4 is 5.09 Å². The third kappa shape index (κ3) is 1.91. The average Bonchev–Trinajstić information content (AvgIpc) is 1.65. The fourth-order valence-electron chi connectivity index (χ4n) is 0.0589. The van der Waals surface area contributed by atoms with Crippen molar-refractivity contribution in [1.82, 2.24) is 5.09 Å². The third-order valence-corrected chi connectivity index (χ3v) is 0.612. The minimum absolute atomic E-state index is 0.181. The Kier molecular flexibility index (Phi) is 2.68. The van der Waals surface area contributed by atoms with Gasteiger partial charge in [0, 0.05) is 0 Å². The van der Waals surface area contributed by atoms with Crippen molar-refractivity contribution in [1.29, 1.82) is 0 Å². The largest absolute Gasteiger partial charge is 0.337 e. The van der Waals surface area contributed by atoms with Crippen LogP contribution in [-0.4, -0.2) is 5.91 Å². The van der Waals surface area contributed by atoms with Crippen LogP contribution in [0.25, 0.3) is 0 Å². The highest BCUT2D eigenvalue weighted by atomic mass is 31.0. The number of nitrogens with one attached hydrogen (secondary N) is 1. The molecule has 0 spiro atoms. The molecule has 1 unspecified atom stereocenters. The molecule has 0 rings (SSSR count). The van der Waals surface area contributed by atoms with Gasteiger partial charge in [-0.2, -0.15) is 0 Å². The van der Waals surface area contributed by atoms with E-state index >= 15 is 0 Å². The van der Waals surface area contributed by atoms with Gasteiger partial charge in [0.2, 0.25) is 5.91 Å². The van der Waals surface area contributed by atoms with Gasteiger partial charge in [0.05, 0.1) is 0 Å². The Balaban J connectivity index is 3.23. The molecule has 34 valence electrons. The number of amides is 1. The lowest BCUT2D eigenvalue weighted by Gasteiger charge is -1.82. The van der Waals surface area contributed by atoms with E-state index in [0.29, 0.717) is 0 Å². The monoisotopic (exact) mass is 103 g/mol. The molecule has 1 atom stereocenters. The first kappa shape index (κ1) is 5.64. The number of carbonyl (C=O) groups is 1. The number of hydrogen-bond acceptors (Lipinski definition) is 1. The van der Waals surface area contributed by atoms with Crippen LogP contribution in [0, 0.1) is 0 Å². The van der Waals surface area contributed by atoms with Gasteiger partial charge in [-0.15, -0.1) is 0 Å². The molecule has 1 amide bonds. The molecule has 0 saturated heterocycles. The second-order valence-corrected chi connectivity index (χ2v) is 1.00. The van der Waals surface area contributed by atoms with Crippen LogP contribution in [0.4, 0.5) is 0 Å². The zero-order valence-electron chi connectivity index (χ0n) is 3.27. The second kappa shape index (κ2) is 2.86. The van der Waals surface area contributed by atoms with Gasteiger partial charge in [0.25, 0.3) is 0 Å². The Morgan fingerprint density at radius 2 is 2.50 bits per heavy atom. The summed E-state index contributed by atoms with van der Waals surface area (Å²) >= 11 is 0. The van der Waals surface area contributed by atoms with Crippen molar-refractivity contribution in [2.45, 2.75) is 0 Å². The maximum Gasteiger partial charge on any atom is 0.246 e. The van der Waals surface area contributed by atoms with Gasteiger partial charge >= 0.3 is 0 Å². The highest BCUT2D eigenvalue weighted by molar-refractivity contribution is 7.15. The first-order valence-electron chi connectivity index (χ1n) is 1.44. The fraction of sp³-hybridized carbons (Fsp3) is 0. The summed E-state index contributed by atoms with van der Waals surface area (Å²) < 4.78 is 0. The van der Waals surface area contributed by atoms with Crippen molar-refractivity contribution in [3.8, 4) is 0 Å². The summed E-state index contributed by atoms with van der Waals surface area (Å²) in [5, 5.41) is 2.27. The van der Waals surface area contributed by atoms with E-state index in [-0.39, 0.29) is 5.91 Å². The molecule has 0 fully saturated rings. The normalized spacial score (nSPS) is 6.83. The van der Waals surface area contributed by atoms with Crippen LogP contribution in [0.3, 0.4) is 0 Å². The fourth-order valence-corrected chi connectivity index (χ4v) is 0.177. The molecule has 3 heteroatoms. The zero-order valence-corrected chi connectivity index (χ0v) is 4.42. The third-order valence-electron chi connectivity index (χ3n) is 0.328. The SMILES string of the molecule is C=CC(=O)NP. The minimum atomic E-state index is -0.181. The average molecular weight is 103 g/mol. The second-order valence-electron chi connectivity index (χ2n) is 0.713. The Bertz CT molecular complexity index is 71.2. The first-order valence-corrected chi connectivity index (χ1v) is 2.02. The number of rotatable bonds is 1. The molecule has 0 radical (unpaired) electrons. The lowest BCUT2D eigenvalue weighted by Crippen LogP contribution is -2.05. The molecule has 0 aliphatic heterocycles. The Labute approximate surface area is 38.9 Å². The predicted octanol–water partition coefficient (Wildman–Crippen LogP) is 0.0787. The summed E-state index contributed by atoms with van der Waals surface area (Å²) in [7, 11) is 2.07. The van der Waals surface area contributed by atoms with Crippen molar-refractivity contribution in [3.05, 3.63) is 12.7 Å². The van der Waals surface area contributed by atoms with Crippen LogP contribution >= 0.6 is 9.39 Å². The molecule has 0 aromatic rings. The molecule has 0 aliphatic rings. The van der Waals surface area contributed by atoms with Gasteiger partial charge in [-0.25, -0.2) is 0 Å². The minimum Gasteiger partial charge on any atom is -0.337 e. The van der Waals surface area contributed by atoms with Crippen LogP contribution in [-0.2, 0) is 4.79 Å². The van der Waals surface area contributed by atoms with E-state index in [1.807, 2.05) is 0 Å². The van der Waals surface area contributed by atoms with E-state index in [1.54, 1.807) is 0 Å². The zero-order chi connectivity index (χ0) is 4.99. The maximum atomic E-state index is 9.93. The van der Waals surface area contributed by atoms with Crippen molar-refractivity contribution in [3.63, 3.8) is 0 Å². The van der Waals surface area contributed by atoms with E-state index in [2.05, 4.69) is 21.1 Å². The number of carbonyl (C=O) groups excluding carboxylic acids is 1. The van der Waals surface area contributed by atoms with Gasteiger partial charge in [-0.1, -0.05) is 6.58 Å². The molecular weight excluding hydrogens is 97.0 g/mol. The smallest absolute Gasteiger partial charge is 0.246 e. The molecule has 2 nitrogen and oxygen atoms in total. The highest BCUT2D eigenvalue weighted by Gasteiger charge is 1.79. The summed E-state index contributed by atoms with van der Waals surface area (Å²) in [4.78, 5) is 9.93. The molecule has 6 heavy (non-hydrogen) atoms. The van der Waals surface area contributed by atoms with E-state index < -0.39 is 0 Å². The van der Waals surface area contributed by atoms with Crippen LogP contribution in [0.5, 0.6) is 0 Å². The molecule has 1 N–H and O–H groups in total. The lowest BCUT2D eigenvalue weighted by molar-refractivity contribution is -0.114. The van der Waals surface area contributed by atoms with E-state index in [4.69, 9.17) is 0 Å². The van der Waals surface area contributed by atoms with E-state index in [9.17, 15) is 4.79 Å². The van der Waals surface area contributed by atoms with Crippen LogP contribution in [0.1, 0.15) is 0 Å². The highest BCUT2D eigenvalue weighted by Crippen LogP contribution is 1.68. The summed E-state index contributed by atoms with van der Waals surface area (Å²) in [5.41, 5.74) is 0. The van der Waals surface area contributed by atoms with Gasteiger partial charge in [0.1, 0.15) is 0 Å². The summed E-state index contributed by atoms with van der Waals surface area (Å²) in [6, 6.07) is 0.